The number of hydrogen-bond acceptors (Lipinski definition) is 3. The number of carbonyl (C=O) groups excluding carboxylic acids is 2. The molecule has 132 valence electrons. The molecule has 0 unspecified atom stereocenters. The summed E-state index contributed by atoms with van der Waals surface area (Å²) >= 11 is 6.52. The van der Waals surface area contributed by atoms with Gasteiger partial charge in [-0.15, -0.1) is 0 Å². The summed E-state index contributed by atoms with van der Waals surface area (Å²) in [6.45, 7) is 5.61. The SMILES string of the molecule is CC(C)(C)NC(=O)/C(=C/c1ccc(Br)cc1)NC(=O)c1ccc(Br)o1. The van der Waals surface area contributed by atoms with Gasteiger partial charge >= 0.3 is 0 Å². The molecule has 0 bridgehead atoms. The molecule has 0 saturated heterocycles. The average molecular weight is 470 g/mol. The molecule has 2 N–H and O–H groups in total. The van der Waals surface area contributed by atoms with Gasteiger partial charge in [0.15, 0.2) is 10.4 Å². The maximum atomic E-state index is 12.6. The van der Waals surface area contributed by atoms with Gasteiger partial charge in [-0.3, -0.25) is 9.59 Å². The minimum absolute atomic E-state index is 0.108. The van der Waals surface area contributed by atoms with Crippen LogP contribution in [0.5, 0.6) is 0 Å². The van der Waals surface area contributed by atoms with Crippen LogP contribution in [0.15, 0.2) is 55.7 Å². The highest BCUT2D eigenvalue weighted by Crippen LogP contribution is 2.16. The lowest BCUT2D eigenvalue weighted by molar-refractivity contribution is -0.119. The van der Waals surface area contributed by atoms with E-state index in [9.17, 15) is 9.59 Å². The third kappa shape index (κ3) is 6.17. The van der Waals surface area contributed by atoms with Crippen LogP contribution in [0.4, 0.5) is 0 Å². The standard InChI is InChI=1S/C18H18Br2N2O3/c1-18(2,3)22-16(23)13(10-11-4-6-12(19)7-5-11)21-17(24)14-8-9-15(20)25-14/h4-10H,1-3H3,(H,21,24)(H,22,23)/b13-10-. The van der Waals surface area contributed by atoms with Crippen molar-refractivity contribution in [3.8, 4) is 0 Å². The monoisotopic (exact) mass is 468 g/mol. The lowest BCUT2D eigenvalue weighted by atomic mass is 10.1. The summed E-state index contributed by atoms with van der Waals surface area (Å²) in [5.74, 6) is -0.773. The quantitative estimate of drug-likeness (QED) is 0.648. The van der Waals surface area contributed by atoms with Gasteiger partial charge in [-0.25, -0.2) is 0 Å². The van der Waals surface area contributed by atoms with E-state index < -0.39 is 11.4 Å². The molecular formula is C18H18Br2N2O3. The predicted molar refractivity (Wildman–Crippen MR) is 104 cm³/mol. The lowest BCUT2D eigenvalue weighted by Gasteiger charge is -2.21. The summed E-state index contributed by atoms with van der Waals surface area (Å²) in [7, 11) is 0. The molecule has 25 heavy (non-hydrogen) atoms. The minimum Gasteiger partial charge on any atom is -0.444 e. The number of carbonyl (C=O) groups is 2. The van der Waals surface area contributed by atoms with Crippen molar-refractivity contribution < 1.29 is 14.0 Å². The summed E-state index contributed by atoms with van der Waals surface area (Å²) in [5.41, 5.74) is 0.479. The van der Waals surface area contributed by atoms with Gasteiger partial charge in [0, 0.05) is 10.0 Å². The largest absolute Gasteiger partial charge is 0.444 e. The summed E-state index contributed by atoms with van der Waals surface area (Å²) in [4.78, 5) is 24.9. The maximum Gasteiger partial charge on any atom is 0.291 e. The Balaban J connectivity index is 2.29. The second-order valence-electron chi connectivity index (χ2n) is 6.37. The Hall–Kier alpha value is -1.86. The Bertz CT molecular complexity index is 802. The molecule has 0 aliphatic carbocycles. The Morgan fingerprint density at radius 1 is 1.04 bits per heavy atom. The molecule has 1 aromatic carbocycles. The summed E-state index contributed by atoms with van der Waals surface area (Å²) in [5, 5.41) is 5.46. The first-order valence-electron chi connectivity index (χ1n) is 7.50. The molecule has 2 amide bonds. The van der Waals surface area contributed by atoms with Crippen molar-refractivity contribution in [1.29, 1.82) is 0 Å². The molecule has 0 saturated carbocycles. The van der Waals surface area contributed by atoms with Crippen LogP contribution >= 0.6 is 31.9 Å². The molecule has 0 aliphatic heterocycles. The molecule has 2 rings (SSSR count). The molecule has 7 heteroatoms. The maximum absolute atomic E-state index is 12.6. The molecule has 5 nitrogen and oxygen atoms in total. The van der Waals surface area contributed by atoms with Gasteiger partial charge in [0.1, 0.15) is 5.70 Å². The molecule has 0 fully saturated rings. The van der Waals surface area contributed by atoms with E-state index in [4.69, 9.17) is 4.42 Å². The second-order valence-corrected chi connectivity index (χ2v) is 8.07. The highest BCUT2D eigenvalue weighted by molar-refractivity contribution is 9.10. The first-order chi connectivity index (χ1) is 11.6. The van der Waals surface area contributed by atoms with Crippen molar-refractivity contribution in [3.05, 3.63) is 62.6 Å². The third-order valence-corrected chi connectivity index (χ3v) is 3.91. The van der Waals surface area contributed by atoms with E-state index in [0.717, 1.165) is 10.0 Å². The molecule has 1 aromatic heterocycles. The fraction of sp³-hybridized carbons (Fsp3) is 0.222. The van der Waals surface area contributed by atoms with Gasteiger partial charge in [-0.1, -0.05) is 28.1 Å². The highest BCUT2D eigenvalue weighted by atomic mass is 79.9. The Morgan fingerprint density at radius 2 is 1.68 bits per heavy atom. The number of halogens is 2. The zero-order chi connectivity index (χ0) is 18.6. The Kier molecular flexibility index (Phi) is 6.24. The van der Waals surface area contributed by atoms with Crippen LogP contribution in [0, 0.1) is 0 Å². The van der Waals surface area contributed by atoms with Gasteiger partial charge in [-0.2, -0.15) is 0 Å². The first-order valence-corrected chi connectivity index (χ1v) is 9.09. The Labute approximate surface area is 163 Å². The van der Waals surface area contributed by atoms with Crippen LogP contribution in [-0.4, -0.2) is 17.4 Å². The number of nitrogens with one attached hydrogen (secondary N) is 2. The normalized spacial score (nSPS) is 12.0. The van der Waals surface area contributed by atoms with Crippen molar-refractivity contribution in [2.24, 2.45) is 0 Å². The molecule has 0 atom stereocenters. The van der Waals surface area contributed by atoms with Crippen molar-refractivity contribution in [1.82, 2.24) is 10.6 Å². The fourth-order valence-corrected chi connectivity index (χ4v) is 2.48. The highest BCUT2D eigenvalue weighted by Gasteiger charge is 2.21. The van der Waals surface area contributed by atoms with Crippen molar-refractivity contribution in [2.45, 2.75) is 26.3 Å². The van der Waals surface area contributed by atoms with Crippen LogP contribution in [0.25, 0.3) is 6.08 Å². The smallest absolute Gasteiger partial charge is 0.291 e. The van der Waals surface area contributed by atoms with Gasteiger partial charge < -0.3 is 15.1 Å². The van der Waals surface area contributed by atoms with E-state index in [1.54, 1.807) is 12.1 Å². The van der Waals surface area contributed by atoms with Gasteiger partial charge in [0.25, 0.3) is 11.8 Å². The average Bonchev–Trinajstić information content (AvgIpc) is 2.93. The van der Waals surface area contributed by atoms with E-state index in [1.165, 1.54) is 6.07 Å². The van der Waals surface area contributed by atoms with E-state index in [2.05, 4.69) is 42.5 Å². The van der Waals surface area contributed by atoms with E-state index >= 15 is 0 Å². The van der Waals surface area contributed by atoms with Gasteiger partial charge in [0.2, 0.25) is 0 Å². The number of furan rings is 1. The van der Waals surface area contributed by atoms with Crippen molar-refractivity contribution in [3.63, 3.8) is 0 Å². The molecule has 0 spiro atoms. The van der Waals surface area contributed by atoms with Crippen LogP contribution < -0.4 is 10.6 Å². The van der Waals surface area contributed by atoms with Crippen LogP contribution in [0.1, 0.15) is 36.9 Å². The molecule has 0 radical (unpaired) electrons. The zero-order valence-electron chi connectivity index (χ0n) is 14.0. The Morgan fingerprint density at radius 3 is 2.20 bits per heavy atom. The predicted octanol–water partition coefficient (Wildman–Crippen LogP) is 4.49. The number of rotatable bonds is 4. The lowest BCUT2D eigenvalue weighted by Crippen LogP contribution is -2.44. The van der Waals surface area contributed by atoms with E-state index in [1.807, 2.05) is 45.0 Å². The molecule has 1 heterocycles. The van der Waals surface area contributed by atoms with Crippen LogP contribution in [0.3, 0.4) is 0 Å². The van der Waals surface area contributed by atoms with Gasteiger partial charge in [-0.05, 0) is 72.6 Å². The topological polar surface area (TPSA) is 71.3 Å². The first kappa shape index (κ1) is 19.5. The van der Waals surface area contributed by atoms with Gasteiger partial charge in [0.05, 0.1) is 0 Å². The number of hydrogen-bond donors (Lipinski definition) is 2. The third-order valence-electron chi connectivity index (χ3n) is 2.96. The minimum atomic E-state index is -0.502. The van der Waals surface area contributed by atoms with Crippen molar-refractivity contribution in [2.75, 3.05) is 0 Å². The van der Waals surface area contributed by atoms with Crippen molar-refractivity contribution >= 4 is 49.8 Å². The zero-order valence-corrected chi connectivity index (χ0v) is 17.2. The van der Waals surface area contributed by atoms with Crippen LogP contribution in [0.2, 0.25) is 0 Å². The molecule has 2 aromatic rings. The fourth-order valence-electron chi connectivity index (χ4n) is 1.91. The van der Waals surface area contributed by atoms with Crippen LogP contribution in [-0.2, 0) is 4.79 Å². The number of amides is 2. The second kappa shape index (κ2) is 8.01. The summed E-state index contributed by atoms with van der Waals surface area (Å²) < 4.78 is 6.60. The van der Waals surface area contributed by atoms with E-state index in [0.29, 0.717) is 4.67 Å². The molecule has 0 aliphatic rings. The molecular weight excluding hydrogens is 452 g/mol. The number of benzene rings is 1. The van der Waals surface area contributed by atoms with E-state index in [-0.39, 0.29) is 17.4 Å². The summed E-state index contributed by atoms with van der Waals surface area (Å²) in [6, 6.07) is 10.5. The summed E-state index contributed by atoms with van der Waals surface area (Å²) in [6.07, 6.45) is 1.61.